The van der Waals surface area contributed by atoms with Gasteiger partial charge in [0, 0.05) is 16.7 Å². The van der Waals surface area contributed by atoms with Crippen LogP contribution >= 0.6 is 11.8 Å². The molecule has 0 amide bonds. The molecule has 100 valence electrons. The number of halogens is 1. The Hall–Kier alpha value is -1.32. The molecule has 19 heavy (non-hydrogen) atoms. The van der Waals surface area contributed by atoms with Gasteiger partial charge in [0.25, 0.3) is 0 Å². The van der Waals surface area contributed by atoms with E-state index in [9.17, 15) is 4.39 Å². The minimum Gasteiger partial charge on any atom is -0.324 e. The Balaban J connectivity index is 2.18. The van der Waals surface area contributed by atoms with Crippen molar-refractivity contribution in [1.82, 2.24) is 0 Å². The van der Waals surface area contributed by atoms with E-state index < -0.39 is 0 Å². The molecule has 0 spiro atoms. The smallest absolute Gasteiger partial charge is 0.123 e. The number of hydrogen-bond acceptors (Lipinski definition) is 2. The molecule has 1 atom stereocenters. The van der Waals surface area contributed by atoms with E-state index in [-0.39, 0.29) is 11.9 Å². The number of hydrogen-bond donors (Lipinski definition) is 1. The average molecular weight is 275 g/mol. The van der Waals surface area contributed by atoms with E-state index in [0.717, 1.165) is 16.2 Å². The van der Waals surface area contributed by atoms with E-state index in [1.54, 1.807) is 11.8 Å². The SMILES string of the molecule is Cc1ccccc1CSc1ccc(F)cc1[C@H](C)N. The van der Waals surface area contributed by atoms with Gasteiger partial charge in [-0.2, -0.15) is 0 Å². The van der Waals surface area contributed by atoms with Crippen molar-refractivity contribution >= 4 is 11.8 Å². The predicted octanol–water partition coefficient (Wildman–Crippen LogP) is 4.45. The summed E-state index contributed by atoms with van der Waals surface area (Å²) in [4.78, 5) is 1.06. The number of nitrogens with two attached hydrogens (primary N) is 1. The highest BCUT2D eigenvalue weighted by atomic mass is 32.2. The van der Waals surface area contributed by atoms with Crippen molar-refractivity contribution in [2.24, 2.45) is 5.73 Å². The summed E-state index contributed by atoms with van der Waals surface area (Å²) < 4.78 is 13.3. The third-order valence-corrected chi connectivity index (χ3v) is 4.24. The first-order chi connectivity index (χ1) is 9.08. The van der Waals surface area contributed by atoms with Crippen LogP contribution in [0.2, 0.25) is 0 Å². The minimum atomic E-state index is -0.229. The zero-order valence-electron chi connectivity index (χ0n) is 11.2. The quantitative estimate of drug-likeness (QED) is 0.834. The van der Waals surface area contributed by atoms with Crippen LogP contribution in [0.4, 0.5) is 4.39 Å². The van der Waals surface area contributed by atoms with E-state index in [1.165, 1.54) is 23.3 Å². The summed E-state index contributed by atoms with van der Waals surface area (Å²) in [5.74, 6) is 0.644. The maximum Gasteiger partial charge on any atom is 0.123 e. The van der Waals surface area contributed by atoms with Gasteiger partial charge in [0.1, 0.15) is 5.82 Å². The van der Waals surface area contributed by atoms with E-state index in [2.05, 4.69) is 19.1 Å². The second-order valence-corrected chi connectivity index (χ2v) is 5.70. The van der Waals surface area contributed by atoms with E-state index in [1.807, 2.05) is 25.1 Å². The van der Waals surface area contributed by atoms with Gasteiger partial charge in [-0.05, 0) is 48.7 Å². The van der Waals surface area contributed by atoms with Gasteiger partial charge in [-0.3, -0.25) is 0 Å². The van der Waals surface area contributed by atoms with Crippen LogP contribution in [0.1, 0.15) is 29.7 Å². The number of aryl methyl sites for hydroxylation is 1. The van der Waals surface area contributed by atoms with Crippen molar-refractivity contribution in [2.45, 2.75) is 30.5 Å². The van der Waals surface area contributed by atoms with Gasteiger partial charge in [0.15, 0.2) is 0 Å². The fourth-order valence-electron chi connectivity index (χ4n) is 1.93. The summed E-state index contributed by atoms with van der Waals surface area (Å²) in [5, 5.41) is 0. The highest BCUT2D eigenvalue weighted by Gasteiger charge is 2.09. The zero-order chi connectivity index (χ0) is 13.8. The summed E-state index contributed by atoms with van der Waals surface area (Å²) >= 11 is 1.70. The summed E-state index contributed by atoms with van der Waals surface area (Å²) in [6.45, 7) is 3.99. The molecular formula is C16H18FNS. The number of benzene rings is 2. The molecule has 0 saturated carbocycles. The Morgan fingerprint density at radius 2 is 1.95 bits per heavy atom. The zero-order valence-corrected chi connectivity index (χ0v) is 12.0. The first-order valence-corrected chi connectivity index (χ1v) is 7.29. The van der Waals surface area contributed by atoms with Crippen molar-refractivity contribution < 1.29 is 4.39 Å². The fourth-order valence-corrected chi connectivity index (χ4v) is 3.14. The summed E-state index contributed by atoms with van der Waals surface area (Å²) in [6, 6.07) is 13.0. The van der Waals surface area contributed by atoms with Gasteiger partial charge in [-0.15, -0.1) is 11.8 Å². The molecule has 2 rings (SSSR count). The second kappa shape index (κ2) is 6.22. The standard InChI is InChI=1S/C16H18FNS/c1-11-5-3-4-6-13(11)10-19-16-8-7-14(17)9-15(16)12(2)18/h3-9,12H,10,18H2,1-2H3/t12-/m0/s1. The predicted molar refractivity (Wildman–Crippen MR) is 79.7 cm³/mol. The molecule has 2 aromatic rings. The average Bonchev–Trinajstić information content (AvgIpc) is 2.38. The van der Waals surface area contributed by atoms with Crippen LogP contribution in [0.25, 0.3) is 0 Å². The number of thioether (sulfide) groups is 1. The third kappa shape index (κ3) is 3.58. The Kier molecular flexibility index (Phi) is 4.61. The topological polar surface area (TPSA) is 26.0 Å². The van der Waals surface area contributed by atoms with Crippen molar-refractivity contribution in [3.63, 3.8) is 0 Å². The van der Waals surface area contributed by atoms with Gasteiger partial charge in [-0.25, -0.2) is 4.39 Å². The fraction of sp³-hybridized carbons (Fsp3) is 0.250. The Morgan fingerprint density at radius 1 is 1.21 bits per heavy atom. The van der Waals surface area contributed by atoms with Crippen LogP contribution in [-0.2, 0) is 5.75 Å². The van der Waals surface area contributed by atoms with Crippen molar-refractivity contribution in [3.8, 4) is 0 Å². The molecule has 0 unspecified atom stereocenters. The van der Waals surface area contributed by atoms with Crippen LogP contribution in [0, 0.1) is 12.7 Å². The molecule has 0 bridgehead atoms. The molecule has 0 radical (unpaired) electrons. The van der Waals surface area contributed by atoms with E-state index >= 15 is 0 Å². The molecule has 0 heterocycles. The first kappa shape index (κ1) is 14.1. The largest absolute Gasteiger partial charge is 0.324 e. The van der Waals surface area contributed by atoms with Gasteiger partial charge in [0.2, 0.25) is 0 Å². The third-order valence-electron chi connectivity index (χ3n) is 3.11. The Morgan fingerprint density at radius 3 is 2.63 bits per heavy atom. The Labute approximate surface area is 118 Å². The van der Waals surface area contributed by atoms with Gasteiger partial charge >= 0.3 is 0 Å². The summed E-state index contributed by atoms with van der Waals surface area (Å²) in [6.07, 6.45) is 0. The van der Waals surface area contributed by atoms with Gasteiger partial charge < -0.3 is 5.73 Å². The summed E-state index contributed by atoms with van der Waals surface area (Å²) in [7, 11) is 0. The molecule has 3 heteroatoms. The molecule has 0 aliphatic carbocycles. The molecule has 0 fully saturated rings. The lowest BCUT2D eigenvalue weighted by atomic mass is 10.1. The maximum atomic E-state index is 13.3. The lowest BCUT2D eigenvalue weighted by Crippen LogP contribution is -2.07. The van der Waals surface area contributed by atoms with E-state index in [4.69, 9.17) is 5.73 Å². The Bertz CT molecular complexity index is 566. The lowest BCUT2D eigenvalue weighted by Gasteiger charge is -2.13. The van der Waals surface area contributed by atoms with Crippen molar-refractivity contribution in [3.05, 3.63) is 65.0 Å². The van der Waals surface area contributed by atoms with Crippen LogP contribution in [0.15, 0.2) is 47.4 Å². The molecule has 0 aliphatic rings. The molecule has 2 aromatic carbocycles. The normalized spacial score (nSPS) is 12.4. The van der Waals surface area contributed by atoms with E-state index in [0.29, 0.717) is 0 Å². The highest BCUT2D eigenvalue weighted by Crippen LogP contribution is 2.30. The van der Waals surface area contributed by atoms with Crippen molar-refractivity contribution in [2.75, 3.05) is 0 Å². The number of rotatable bonds is 4. The first-order valence-electron chi connectivity index (χ1n) is 6.30. The molecule has 0 saturated heterocycles. The van der Waals surface area contributed by atoms with Gasteiger partial charge in [0.05, 0.1) is 0 Å². The molecule has 0 aliphatic heterocycles. The van der Waals surface area contributed by atoms with Crippen LogP contribution < -0.4 is 5.73 Å². The highest BCUT2D eigenvalue weighted by molar-refractivity contribution is 7.98. The maximum absolute atomic E-state index is 13.3. The second-order valence-electron chi connectivity index (χ2n) is 4.69. The molecular weight excluding hydrogens is 257 g/mol. The van der Waals surface area contributed by atoms with Crippen LogP contribution in [0.5, 0.6) is 0 Å². The molecule has 1 nitrogen and oxygen atoms in total. The minimum absolute atomic E-state index is 0.157. The molecule has 2 N–H and O–H groups in total. The monoisotopic (exact) mass is 275 g/mol. The van der Waals surface area contributed by atoms with Crippen molar-refractivity contribution in [1.29, 1.82) is 0 Å². The van der Waals surface area contributed by atoms with Crippen LogP contribution in [-0.4, -0.2) is 0 Å². The van der Waals surface area contributed by atoms with Crippen LogP contribution in [0.3, 0.4) is 0 Å². The summed E-state index contributed by atoms with van der Waals surface area (Å²) in [5.41, 5.74) is 9.35. The lowest BCUT2D eigenvalue weighted by molar-refractivity contribution is 0.619. The van der Waals surface area contributed by atoms with Gasteiger partial charge in [-0.1, -0.05) is 24.3 Å². The molecule has 0 aromatic heterocycles.